The second-order valence-electron chi connectivity index (χ2n) is 10.0. The largest absolute Gasteiger partial charge is 0.490 e. The molecular formula is C31H33N3O2S. The number of carbonyl (C=O) groups is 1. The molecule has 5 nitrogen and oxygen atoms in total. The zero-order valence-electron chi connectivity index (χ0n) is 21.3. The highest BCUT2D eigenvalue weighted by atomic mass is 32.1. The lowest BCUT2D eigenvalue weighted by Gasteiger charge is -2.17. The first-order chi connectivity index (χ1) is 18.2. The first-order valence-electron chi connectivity index (χ1n) is 13.3. The van der Waals surface area contributed by atoms with E-state index in [1.807, 2.05) is 29.9 Å². The zero-order valence-corrected chi connectivity index (χ0v) is 22.1. The molecule has 5 aromatic rings. The van der Waals surface area contributed by atoms with Crippen LogP contribution in [0.4, 0.5) is 0 Å². The normalized spacial score (nSPS) is 16.3. The number of nitrogens with one attached hydrogen (secondary N) is 1. The molecule has 190 valence electrons. The molecule has 37 heavy (non-hydrogen) atoms. The monoisotopic (exact) mass is 511 g/mol. The Balaban J connectivity index is 1.14. The van der Waals surface area contributed by atoms with Crippen LogP contribution in [0.5, 0.6) is 5.75 Å². The maximum Gasteiger partial charge on any atom is 0.211 e. The lowest BCUT2D eigenvalue weighted by atomic mass is 10.1. The van der Waals surface area contributed by atoms with Crippen LogP contribution in [0.1, 0.15) is 47.3 Å². The molecule has 3 aromatic heterocycles. The van der Waals surface area contributed by atoms with Crippen LogP contribution < -0.4 is 10.1 Å². The average Bonchev–Trinajstić information content (AvgIpc) is 3.55. The number of ether oxygens (including phenoxy) is 1. The quantitative estimate of drug-likeness (QED) is 0.239. The highest BCUT2D eigenvalue weighted by Crippen LogP contribution is 2.29. The van der Waals surface area contributed by atoms with Gasteiger partial charge in [0.2, 0.25) is 5.78 Å². The Bertz CT molecular complexity index is 1520. The van der Waals surface area contributed by atoms with Crippen molar-refractivity contribution in [3.63, 3.8) is 0 Å². The Morgan fingerprint density at radius 2 is 1.92 bits per heavy atom. The van der Waals surface area contributed by atoms with Gasteiger partial charge in [-0.15, -0.1) is 11.3 Å². The number of hydrogen-bond donors (Lipinski definition) is 1. The van der Waals surface area contributed by atoms with Crippen LogP contribution in [0.25, 0.3) is 21.1 Å². The van der Waals surface area contributed by atoms with Crippen molar-refractivity contribution in [2.45, 2.75) is 44.8 Å². The van der Waals surface area contributed by atoms with Crippen LogP contribution in [0.15, 0.2) is 72.2 Å². The van der Waals surface area contributed by atoms with Crippen molar-refractivity contribution in [2.24, 2.45) is 7.05 Å². The first-order valence-corrected chi connectivity index (χ1v) is 14.2. The Hall–Kier alpha value is -3.35. The summed E-state index contributed by atoms with van der Waals surface area (Å²) in [7, 11) is 1.98. The number of para-hydroxylation sites is 1. The average molecular weight is 512 g/mol. The van der Waals surface area contributed by atoms with Crippen LogP contribution in [-0.2, 0) is 20.0 Å². The summed E-state index contributed by atoms with van der Waals surface area (Å²) < 4.78 is 11.6. The van der Waals surface area contributed by atoms with E-state index in [0.29, 0.717) is 6.10 Å². The Labute approximate surface area is 221 Å². The van der Waals surface area contributed by atoms with Crippen LogP contribution in [0.3, 0.4) is 0 Å². The molecule has 1 atom stereocenters. The number of benzene rings is 2. The zero-order chi connectivity index (χ0) is 25.2. The van der Waals surface area contributed by atoms with Gasteiger partial charge < -0.3 is 19.2 Å². The van der Waals surface area contributed by atoms with Crippen molar-refractivity contribution in [1.29, 1.82) is 0 Å². The molecule has 6 heteroatoms. The molecule has 1 N–H and O–H groups in total. The summed E-state index contributed by atoms with van der Waals surface area (Å²) in [5.41, 5.74) is 5.06. The summed E-state index contributed by atoms with van der Waals surface area (Å²) >= 11 is 1.67. The number of hydrogen-bond acceptors (Lipinski definition) is 4. The SMILES string of the molecule is Cn1c(C(=O)c2cn(CCCc3ccc(O[C@H]4CCCNCC4)cc3)c3ccccc23)cc2sccc21. The van der Waals surface area contributed by atoms with Crippen LogP contribution in [0, 0.1) is 0 Å². The van der Waals surface area contributed by atoms with Gasteiger partial charge in [-0.2, -0.15) is 0 Å². The van der Waals surface area contributed by atoms with Gasteiger partial charge in [-0.1, -0.05) is 30.3 Å². The van der Waals surface area contributed by atoms with Gasteiger partial charge in [0.1, 0.15) is 5.75 Å². The lowest BCUT2D eigenvalue weighted by Crippen LogP contribution is -2.19. The molecule has 6 rings (SSSR count). The fourth-order valence-electron chi connectivity index (χ4n) is 5.50. The molecule has 0 aliphatic carbocycles. The van der Waals surface area contributed by atoms with Crippen LogP contribution in [0.2, 0.25) is 0 Å². The van der Waals surface area contributed by atoms with Crippen LogP contribution >= 0.6 is 11.3 Å². The van der Waals surface area contributed by atoms with Crippen molar-refractivity contribution in [3.05, 3.63) is 89.1 Å². The number of aryl methyl sites for hydroxylation is 3. The second kappa shape index (κ2) is 10.6. The number of rotatable bonds is 8. The number of nitrogens with zero attached hydrogens (tertiary/aromatic N) is 2. The van der Waals surface area contributed by atoms with Crippen molar-refractivity contribution in [3.8, 4) is 5.75 Å². The lowest BCUT2D eigenvalue weighted by molar-refractivity contribution is 0.103. The van der Waals surface area contributed by atoms with Gasteiger partial charge >= 0.3 is 0 Å². The number of aromatic nitrogens is 2. The molecule has 0 unspecified atom stereocenters. The van der Waals surface area contributed by atoms with E-state index >= 15 is 0 Å². The van der Waals surface area contributed by atoms with E-state index in [1.54, 1.807) is 11.3 Å². The van der Waals surface area contributed by atoms with Gasteiger partial charge in [0.15, 0.2) is 0 Å². The molecule has 1 fully saturated rings. The van der Waals surface area contributed by atoms with Gasteiger partial charge in [-0.25, -0.2) is 0 Å². The molecule has 1 saturated heterocycles. The van der Waals surface area contributed by atoms with E-state index in [1.165, 1.54) is 12.0 Å². The Morgan fingerprint density at radius 3 is 2.78 bits per heavy atom. The minimum absolute atomic E-state index is 0.0842. The van der Waals surface area contributed by atoms with E-state index in [9.17, 15) is 4.79 Å². The van der Waals surface area contributed by atoms with Crippen molar-refractivity contribution in [1.82, 2.24) is 14.5 Å². The van der Waals surface area contributed by atoms with E-state index in [-0.39, 0.29) is 5.78 Å². The summed E-state index contributed by atoms with van der Waals surface area (Å²) in [5, 5.41) is 6.53. The van der Waals surface area contributed by atoms with E-state index in [2.05, 4.69) is 63.8 Å². The van der Waals surface area contributed by atoms with Gasteiger partial charge in [0.05, 0.1) is 22.0 Å². The predicted molar refractivity (Wildman–Crippen MR) is 152 cm³/mol. The maximum absolute atomic E-state index is 13.6. The predicted octanol–water partition coefficient (Wildman–Crippen LogP) is 6.58. The molecule has 2 aromatic carbocycles. The molecule has 1 aliphatic heterocycles. The summed E-state index contributed by atoms with van der Waals surface area (Å²) in [6, 6.07) is 20.9. The van der Waals surface area contributed by atoms with Crippen LogP contribution in [-0.4, -0.2) is 34.1 Å². The fourth-order valence-corrected chi connectivity index (χ4v) is 6.35. The molecule has 0 amide bonds. The third kappa shape index (κ3) is 4.96. The van der Waals surface area contributed by atoms with Crippen molar-refractivity contribution < 1.29 is 9.53 Å². The summed E-state index contributed by atoms with van der Waals surface area (Å²) in [6.07, 6.45) is 7.71. The molecular weight excluding hydrogens is 478 g/mol. The third-order valence-electron chi connectivity index (χ3n) is 7.54. The molecule has 0 bridgehead atoms. The smallest absolute Gasteiger partial charge is 0.211 e. The Kier molecular flexibility index (Phi) is 6.85. The standard InChI is InChI=1S/C31H33N3O2S/c1-33-28-15-19-37-30(28)20-29(33)31(35)26-21-34(27-9-3-2-8-25(26)27)18-5-6-22-10-12-24(13-11-22)36-23-7-4-16-32-17-14-23/h2-3,8-13,15,19-21,23,32H,4-7,14,16-18H2,1H3/t23-/m0/s1. The fraction of sp³-hybridized carbons (Fsp3) is 0.323. The van der Waals surface area contributed by atoms with Gasteiger partial charge in [-0.3, -0.25) is 4.79 Å². The van der Waals surface area contributed by atoms with Gasteiger partial charge in [0.25, 0.3) is 0 Å². The summed E-state index contributed by atoms with van der Waals surface area (Å²) in [5.74, 6) is 1.05. The summed E-state index contributed by atoms with van der Waals surface area (Å²) in [4.78, 5) is 13.6. The molecule has 0 radical (unpaired) electrons. The first kappa shape index (κ1) is 24.0. The maximum atomic E-state index is 13.6. The molecule has 1 aliphatic rings. The Morgan fingerprint density at radius 1 is 1.05 bits per heavy atom. The van der Waals surface area contributed by atoms with E-state index in [0.717, 1.165) is 83.4 Å². The number of ketones is 1. The third-order valence-corrected chi connectivity index (χ3v) is 8.40. The summed E-state index contributed by atoms with van der Waals surface area (Å²) in [6.45, 7) is 2.99. The number of thiophene rings is 1. The molecule has 0 saturated carbocycles. The van der Waals surface area contributed by atoms with Crippen molar-refractivity contribution in [2.75, 3.05) is 13.1 Å². The second-order valence-corrected chi connectivity index (χ2v) is 11.0. The van der Waals surface area contributed by atoms with Gasteiger partial charge in [0, 0.05) is 36.3 Å². The van der Waals surface area contributed by atoms with Gasteiger partial charge in [-0.05, 0) is 86.5 Å². The van der Waals surface area contributed by atoms with Crippen molar-refractivity contribution >= 4 is 38.2 Å². The highest BCUT2D eigenvalue weighted by Gasteiger charge is 2.20. The number of carbonyl (C=O) groups excluding carboxylic acids is 1. The molecule has 0 spiro atoms. The topological polar surface area (TPSA) is 48.2 Å². The number of fused-ring (bicyclic) bond motifs is 2. The minimum atomic E-state index is 0.0842. The van der Waals surface area contributed by atoms with E-state index in [4.69, 9.17) is 4.74 Å². The minimum Gasteiger partial charge on any atom is -0.490 e. The molecule has 4 heterocycles. The van der Waals surface area contributed by atoms with E-state index < -0.39 is 0 Å². The highest BCUT2D eigenvalue weighted by molar-refractivity contribution is 7.17.